The summed E-state index contributed by atoms with van der Waals surface area (Å²) in [5.74, 6) is 0. The summed E-state index contributed by atoms with van der Waals surface area (Å²) in [5, 5.41) is 0. The topological polar surface area (TPSA) is 3.24 Å². The largest absolute Gasteiger partial charge is 0.274 e. The van der Waals surface area contributed by atoms with E-state index in [1.54, 1.807) is 0 Å². The molecule has 2 bridgehead atoms. The molecule has 3 rings (SSSR count). The average molecular weight is 185 g/mol. The van der Waals surface area contributed by atoms with E-state index in [9.17, 15) is 4.39 Å². The summed E-state index contributed by atoms with van der Waals surface area (Å²) in [6.45, 7) is 8.74. The van der Waals surface area contributed by atoms with Crippen molar-refractivity contribution in [3.63, 3.8) is 0 Å². The summed E-state index contributed by atoms with van der Waals surface area (Å²) in [5.41, 5.74) is 0.547. The molecule has 0 aliphatic carbocycles. The van der Waals surface area contributed by atoms with E-state index in [1.807, 2.05) is 4.90 Å². The second-order valence-electron chi connectivity index (χ2n) is 5.70. The lowest BCUT2D eigenvalue weighted by molar-refractivity contribution is -0.123. The molecule has 3 saturated heterocycles. The number of piperidine rings is 3. The highest BCUT2D eigenvalue weighted by molar-refractivity contribution is 5.00. The van der Waals surface area contributed by atoms with Crippen molar-refractivity contribution < 1.29 is 4.39 Å². The van der Waals surface area contributed by atoms with Crippen LogP contribution in [0.25, 0.3) is 0 Å². The number of fused-ring (bicyclic) bond motifs is 3. The molecule has 76 valence electrons. The molecule has 13 heavy (non-hydrogen) atoms. The SMILES string of the molecule is CC(C)(C)C12CCN(CC1)C(F)C2. The van der Waals surface area contributed by atoms with Crippen molar-refractivity contribution in [2.75, 3.05) is 13.1 Å². The first-order chi connectivity index (χ1) is 5.95. The Morgan fingerprint density at radius 1 is 1.23 bits per heavy atom. The Hall–Kier alpha value is -0.110. The van der Waals surface area contributed by atoms with Gasteiger partial charge in [-0.05, 0) is 30.1 Å². The first-order valence-electron chi connectivity index (χ1n) is 5.33. The van der Waals surface area contributed by atoms with E-state index in [0.717, 1.165) is 19.5 Å². The van der Waals surface area contributed by atoms with Crippen molar-refractivity contribution in [1.29, 1.82) is 0 Å². The minimum absolute atomic E-state index is 0.268. The zero-order valence-corrected chi connectivity index (χ0v) is 8.94. The van der Waals surface area contributed by atoms with Crippen LogP contribution >= 0.6 is 0 Å². The summed E-state index contributed by atoms with van der Waals surface area (Å²) in [4.78, 5) is 1.99. The van der Waals surface area contributed by atoms with E-state index in [-0.39, 0.29) is 10.8 Å². The molecule has 3 aliphatic heterocycles. The first kappa shape index (κ1) is 9.45. The van der Waals surface area contributed by atoms with Gasteiger partial charge in [-0.25, -0.2) is 4.39 Å². The summed E-state index contributed by atoms with van der Waals surface area (Å²) in [6, 6.07) is 0. The third kappa shape index (κ3) is 1.30. The van der Waals surface area contributed by atoms with Crippen molar-refractivity contribution in [2.45, 2.75) is 46.3 Å². The van der Waals surface area contributed by atoms with Crippen LogP contribution in [0.1, 0.15) is 40.0 Å². The van der Waals surface area contributed by atoms with Crippen molar-refractivity contribution in [2.24, 2.45) is 10.8 Å². The molecule has 0 N–H and O–H groups in total. The van der Waals surface area contributed by atoms with Gasteiger partial charge >= 0.3 is 0 Å². The van der Waals surface area contributed by atoms with Crippen molar-refractivity contribution in [1.82, 2.24) is 4.90 Å². The van der Waals surface area contributed by atoms with Crippen LogP contribution in [-0.2, 0) is 0 Å². The molecular weight excluding hydrogens is 165 g/mol. The Morgan fingerprint density at radius 3 is 2.08 bits per heavy atom. The van der Waals surface area contributed by atoms with Gasteiger partial charge in [0.25, 0.3) is 0 Å². The van der Waals surface area contributed by atoms with E-state index < -0.39 is 6.30 Å². The highest BCUT2D eigenvalue weighted by atomic mass is 19.1. The third-order valence-corrected chi connectivity index (χ3v) is 4.30. The molecular formula is C11H20FN. The number of halogens is 1. The van der Waals surface area contributed by atoms with E-state index in [4.69, 9.17) is 0 Å². The van der Waals surface area contributed by atoms with Crippen LogP contribution in [0.2, 0.25) is 0 Å². The van der Waals surface area contributed by atoms with E-state index in [2.05, 4.69) is 20.8 Å². The Bertz CT molecular complexity index is 199. The molecule has 1 nitrogen and oxygen atoms in total. The van der Waals surface area contributed by atoms with Crippen molar-refractivity contribution >= 4 is 0 Å². The smallest absolute Gasteiger partial charge is 0.154 e. The van der Waals surface area contributed by atoms with Crippen LogP contribution in [-0.4, -0.2) is 24.3 Å². The van der Waals surface area contributed by atoms with Gasteiger partial charge in [0.2, 0.25) is 0 Å². The fourth-order valence-corrected chi connectivity index (χ4v) is 2.94. The maximum atomic E-state index is 13.6. The minimum Gasteiger partial charge on any atom is -0.274 e. The second kappa shape index (κ2) is 2.69. The van der Waals surface area contributed by atoms with Gasteiger partial charge in [-0.3, -0.25) is 4.90 Å². The molecule has 3 aliphatic rings. The Balaban J connectivity index is 2.23. The van der Waals surface area contributed by atoms with Crippen LogP contribution in [0.15, 0.2) is 0 Å². The van der Waals surface area contributed by atoms with Gasteiger partial charge in [0.15, 0.2) is 6.30 Å². The molecule has 3 heterocycles. The maximum absolute atomic E-state index is 13.6. The number of hydrogen-bond donors (Lipinski definition) is 0. The zero-order valence-electron chi connectivity index (χ0n) is 8.94. The summed E-state index contributed by atoms with van der Waals surface area (Å²) in [6.07, 6.45) is 2.48. The van der Waals surface area contributed by atoms with Gasteiger partial charge in [-0.2, -0.15) is 0 Å². The third-order valence-electron chi connectivity index (χ3n) is 4.30. The number of hydrogen-bond acceptors (Lipinski definition) is 1. The standard InChI is InChI=1S/C11H20FN/c1-10(2,3)11-4-6-13(7-5-11)9(12)8-11/h9H,4-8H2,1-3H3. The summed E-state index contributed by atoms with van der Waals surface area (Å²) < 4.78 is 13.6. The molecule has 0 radical (unpaired) electrons. The molecule has 1 atom stereocenters. The van der Waals surface area contributed by atoms with Crippen LogP contribution in [0.3, 0.4) is 0 Å². The fourth-order valence-electron chi connectivity index (χ4n) is 2.94. The predicted octanol–water partition coefficient (Wildman–Crippen LogP) is 2.81. The van der Waals surface area contributed by atoms with Gasteiger partial charge in [-0.15, -0.1) is 0 Å². The number of alkyl halides is 1. The molecule has 2 heteroatoms. The maximum Gasteiger partial charge on any atom is 0.154 e. The predicted molar refractivity (Wildman–Crippen MR) is 52.2 cm³/mol. The van der Waals surface area contributed by atoms with Crippen LogP contribution in [0.5, 0.6) is 0 Å². The highest BCUT2D eigenvalue weighted by Gasteiger charge is 2.50. The van der Waals surface area contributed by atoms with Crippen molar-refractivity contribution in [3.8, 4) is 0 Å². The Kier molecular flexibility index (Phi) is 1.96. The normalized spacial score (nSPS) is 45.2. The quantitative estimate of drug-likeness (QED) is 0.524. The average Bonchev–Trinajstić information content (AvgIpc) is 2.04. The Morgan fingerprint density at radius 2 is 1.77 bits per heavy atom. The van der Waals surface area contributed by atoms with E-state index in [1.165, 1.54) is 12.8 Å². The summed E-state index contributed by atoms with van der Waals surface area (Å²) >= 11 is 0. The fraction of sp³-hybridized carbons (Fsp3) is 1.00. The molecule has 1 unspecified atom stereocenters. The van der Waals surface area contributed by atoms with Gasteiger partial charge < -0.3 is 0 Å². The number of rotatable bonds is 0. The molecule has 3 fully saturated rings. The van der Waals surface area contributed by atoms with E-state index in [0.29, 0.717) is 0 Å². The van der Waals surface area contributed by atoms with Gasteiger partial charge in [0.1, 0.15) is 0 Å². The van der Waals surface area contributed by atoms with Gasteiger partial charge in [0, 0.05) is 13.1 Å². The monoisotopic (exact) mass is 185 g/mol. The minimum atomic E-state index is -0.665. The van der Waals surface area contributed by atoms with Gasteiger partial charge in [-0.1, -0.05) is 20.8 Å². The lowest BCUT2D eigenvalue weighted by atomic mass is 9.57. The van der Waals surface area contributed by atoms with Gasteiger partial charge in [0.05, 0.1) is 0 Å². The van der Waals surface area contributed by atoms with Crippen LogP contribution in [0.4, 0.5) is 4.39 Å². The zero-order chi connectivity index (χ0) is 9.69. The van der Waals surface area contributed by atoms with Crippen molar-refractivity contribution in [3.05, 3.63) is 0 Å². The molecule has 0 aromatic rings. The molecule has 0 spiro atoms. The lowest BCUT2D eigenvalue weighted by Crippen LogP contribution is -2.56. The van der Waals surface area contributed by atoms with E-state index >= 15 is 0 Å². The molecule has 0 aromatic carbocycles. The highest BCUT2D eigenvalue weighted by Crippen LogP contribution is 2.54. The molecule has 0 aromatic heterocycles. The van der Waals surface area contributed by atoms with Crippen LogP contribution in [0, 0.1) is 10.8 Å². The lowest BCUT2D eigenvalue weighted by Gasteiger charge is -2.56. The number of nitrogens with zero attached hydrogens (tertiary/aromatic N) is 1. The second-order valence-corrected chi connectivity index (χ2v) is 5.70. The molecule has 0 amide bonds. The Labute approximate surface area is 80.3 Å². The first-order valence-corrected chi connectivity index (χ1v) is 5.33. The molecule has 0 saturated carbocycles. The summed E-state index contributed by atoms with van der Waals surface area (Å²) in [7, 11) is 0. The van der Waals surface area contributed by atoms with Crippen LogP contribution < -0.4 is 0 Å².